The summed E-state index contributed by atoms with van der Waals surface area (Å²) in [5.74, 6) is 1.35. The van der Waals surface area contributed by atoms with Crippen molar-refractivity contribution in [1.82, 2.24) is 0 Å². The van der Waals surface area contributed by atoms with Gasteiger partial charge in [-0.1, -0.05) is 0 Å². The van der Waals surface area contributed by atoms with E-state index in [1.807, 2.05) is 12.1 Å². The van der Waals surface area contributed by atoms with E-state index in [9.17, 15) is 4.79 Å². The van der Waals surface area contributed by atoms with Crippen LogP contribution in [0.3, 0.4) is 0 Å². The Kier molecular flexibility index (Phi) is 2.30. The molecule has 4 heteroatoms. The lowest BCUT2D eigenvalue weighted by atomic mass is 10.0. The molecule has 4 nitrogen and oxygen atoms in total. The first kappa shape index (κ1) is 10.8. The Bertz CT molecular complexity index is 440. The van der Waals surface area contributed by atoms with Gasteiger partial charge in [0, 0.05) is 13.1 Å². The molecule has 0 saturated carbocycles. The maximum Gasteiger partial charge on any atom is 0.270 e. The molecule has 16 heavy (non-hydrogen) atoms. The van der Waals surface area contributed by atoms with Crippen molar-refractivity contribution in [3.63, 3.8) is 0 Å². The summed E-state index contributed by atoms with van der Waals surface area (Å²) in [6, 6.07) is 5.43. The van der Waals surface area contributed by atoms with Crippen LogP contribution in [-0.2, 0) is 4.79 Å². The Morgan fingerprint density at radius 1 is 1.38 bits per heavy atom. The van der Waals surface area contributed by atoms with Gasteiger partial charge in [0.15, 0.2) is 5.60 Å². The molecule has 86 valence electrons. The zero-order valence-corrected chi connectivity index (χ0v) is 9.90. The molecule has 0 fully saturated rings. The Morgan fingerprint density at radius 2 is 2.06 bits per heavy atom. The van der Waals surface area contributed by atoms with E-state index in [1.165, 1.54) is 0 Å². The van der Waals surface area contributed by atoms with Crippen LogP contribution in [0.4, 0.5) is 5.69 Å². The molecule has 0 atom stereocenters. The first-order valence-electron chi connectivity index (χ1n) is 5.11. The third-order valence-corrected chi connectivity index (χ3v) is 2.71. The molecule has 0 aromatic heterocycles. The first-order chi connectivity index (χ1) is 7.45. The van der Waals surface area contributed by atoms with Crippen LogP contribution in [0.15, 0.2) is 18.2 Å². The number of likely N-dealkylation sites (N-methyl/N-ethyl adjacent to an activating group) is 1. The van der Waals surface area contributed by atoms with Crippen LogP contribution < -0.4 is 14.4 Å². The van der Waals surface area contributed by atoms with Gasteiger partial charge in [-0.05, 0) is 26.0 Å². The molecule has 1 aromatic rings. The highest BCUT2D eigenvalue weighted by Gasteiger charge is 2.39. The second kappa shape index (κ2) is 3.40. The van der Waals surface area contributed by atoms with E-state index in [0.29, 0.717) is 11.5 Å². The molecule has 1 aliphatic rings. The summed E-state index contributed by atoms with van der Waals surface area (Å²) in [5, 5.41) is 0. The fourth-order valence-corrected chi connectivity index (χ4v) is 1.80. The SMILES string of the molecule is COc1ccc2c(c1)N(C)C(=O)C(C)(C)O2. The summed E-state index contributed by atoms with van der Waals surface area (Å²) >= 11 is 0. The molecular weight excluding hydrogens is 206 g/mol. The van der Waals surface area contributed by atoms with Crippen LogP contribution >= 0.6 is 0 Å². The van der Waals surface area contributed by atoms with Gasteiger partial charge in [0.2, 0.25) is 0 Å². The second-order valence-corrected chi connectivity index (χ2v) is 4.31. The largest absolute Gasteiger partial charge is 0.497 e. The highest BCUT2D eigenvalue weighted by molar-refractivity contribution is 6.02. The van der Waals surface area contributed by atoms with Crippen molar-refractivity contribution >= 4 is 11.6 Å². The van der Waals surface area contributed by atoms with Crippen LogP contribution in [0.5, 0.6) is 11.5 Å². The minimum absolute atomic E-state index is 0.0618. The summed E-state index contributed by atoms with van der Waals surface area (Å²) in [6.45, 7) is 3.53. The molecule has 0 N–H and O–H groups in total. The van der Waals surface area contributed by atoms with Crippen LogP contribution in [0.2, 0.25) is 0 Å². The van der Waals surface area contributed by atoms with Gasteiger partial charge in [-0.25, -0.2) is 0 Å². The van der Waals surface area contributed by atoms with Crippen molar-refractivity contribution in [3.05, 3.63) is 18.2 Å². The lowest BCUT2D eigenvalue weighted by Gasteiger charge is -2.36. The van der Waals surface area contributed by atoms with E-state index in [2.05, 4.69) is 0 Å². The fourth-order valence-electron chi connectivity index (χ4n) is 1.80. The average molecular weight is 221 g/mol. The molecule has 0 aliphatic carbocycles. The standard InChI is InChI=1S/C12H15NO3/c1-12(2)11(14)13(3)9-7-8(15-4)5-6-10(9)16-12/h5-7H,1-4H3. The van der Waals surface area contributed by atoms with Gasteiger partial charge in [0.1, 0.15) is 11.5 Å². The van der Waals surface area contributed by atoms with E-state index in [-0.39, 0.29) is 5.91 Å². The monoisotopic (exact) mass is 221 g/mol. The molecule has 2 rings (SSSR count). The van der Waals surface area contributed by atoms with Gasteiger partial charge in [0.05, 0.1) is 12.8 Å². The zero-order chi connectivity index (χ0) is 11.9. The summed E-state index contributed by atoms with van der Waals surface area (Å²) < 4.78 is 10.8. The highest BCUT2D eigenvalue weighted by Crippen LogP contribution is 2.38. The minimum atomic E-state index is -0.809. The summed E-state index contributed by atoms with van der Waals surface area (Å²) in [7, 11) is 3.34. The number of anilines is 1. The Labute approximate surface area is 94.8 Å². The van der Waals surface area contributed by atoms with Crippen molar-refractivity contribution in [3.8, 4) is 11.5 Å². The molecule has 0 bridgehead atoms. The lowest BCUT2D eigenvalue weighted by Crippen LogP contribution is -2.50. The number of carbonyl (C=O) groups excluding carboxylic acids is 1. The number of nitrogens with zero attached hydrogens (tertiary/aromatic N) is 1. The number of rotatable bonds is 1. The number of benzene rings is 1. The van der Waals surface area contributed by atoms with Crippen molar-refractivity contribution in [2.45, 2.75) is 19.4 Å². The Hall–Kier alpha value is -1.71. The number of fused-ring (bicyclic) bond motifs is 1. The maximum atomic E-state index is 12.0. The molecule has 0 unspecified atom stereocenters. The predicted octanol–water partition coefficient (Wildman–Crippen LogP) is 1.83. The molecule has 1 aliphatic heterocycles. The summed E-state index contributed by atoms with van der Waals surface area (Å²) in [6.07, 6.45) is 0. The van der Waals surface area contributed by atoms with E-state index in [4.69, 9.17) is 9.47 Å². The van der Waals surface area contributed by atoms with Gasteiger partial charge in [-0.2, -0.15) is 0 Å². The molecule has 0 radical (unpaired) electrons. The van der Waals surface area contributed by atoms with Gasteiger partial charge in [0.25, 0.3) is 5.91 Å². The fraction of sp³-hybridized carbons (Fsp3) is 0.417. The molecular formula is C12H15NO3. The van der Waals surface area contributed by atoms with E-state index < -0.39 is 5.60 Å². The molecule has 0 saturated heterocycles. The van der Waals surface area contributed by atoms with E-state index >= 15 is 0 Å². The van der Waals surface area contributed by atoms with Gasteiger partial charge < -0.3 is 14.4 Å². The van der Waals surface area contributed by atoms with Gasteiger partial charge >= 0.3 is 0 Å². The van der Waals surface area contributed by atoms with Crippen LogP contribution in [0.25, 0.3) is 0 Å². The molecule has 1 aromatic carbocycles. The first-order valence-corrected chi connectivity index (χ1v) is 5.11. The van der Waals surface area contributed by atoms with Crippen molar-refractivity contribution in [2.75, 3.05) is 19.1 Å². The van der Waals surface area contributed by atoms with Crippen LogP contribution in [0.1, 0.15) is 13.8 Å². The van der Waals surface area contributed by atoms with E-state index in [0.717, 1.165) is 5.69 Å². The average Bonchev–Trinajstić information content (AvgIpc) is 2.25. The third kappa shape index (κ3) is 1.50. The summed E-state index contributed by atoms with van der Waals surface area (Å²) in [4.78, 5) is 13.6. The maximum absolute atomic E-state index is 12.0. The van der Waals surface area contributed by atoms with E-state index in [1.54, 1.807) is 39.0 Å². The minimum Gasteiger partial charge on any atom is -0.497 e. The lowest BCUT2D eigenvalue weighted by molar-refractivity contribution is -0.132. The van der Waals surface area contributed by atoms with Crippen molar-refractivity contribution in [2.24, 2.45) is 0 Å². The number of methoxy groups -OCH3 is 1. The van der Waals surface area contributed by atoms with Crippen molar-refractivity contribution in [1.29, 1.82) is 0 Å². The Morgan fingerprint density at radius 3 is 2.69 bits per heavy atom. The highest BCUT2D eigenvalue weighted by atomic mass is 16.5. The molecule has 1 heterocycles. The molecule has 1 amide bonds. The number of ether oxygens (including phenoxy) is 2. The number of amides is 1. The van der Waals surface area contributed by atoms with Gasteiger partial charge in [-0.15, -0.1) is 0 Å². The summed E-state index contributed by atoms with van der Waals surface area (Å²) in [5.41, 5.74) is -0.0697. The van der Waals surface area contributed by atoms with Crippen molar-refractivity contribution < 1.29 is 14.3 Å². The number of hydrogen-bond donors (Lipinski definition) is 0. The van der Waals surface area contributed by atoms with Crippen LogP contribution in [0, 0.1) is 0 Å². The topological polar surface area (TPSA) is 38.8 Å². The predicted molar refractivity (Wildman–Crippen MR) is 61.1 cm³/mol. The molecule has 0 spiro atoms. The zero-order valence-electron chi connectivity index (χ0n) is 9.90. The normalized spacial score (nSPS) is 17.8. The number of carbonyl (C=O) groups is 1. The number of hydrogen-bond acceptors (Lipinski definition) is 3. The van der Waals surface area contributed by atoms with Crippen LogP contribution in [-0.4, -0.2) is 25.7 Å². The smallest absolute Gasteiger partial charge is 0.270 e. The van der Waals surface area contributed by atoms with Gasteiger partial charge in [-0.3, -0.25) is 4.79 Å². The Balaban J connectivity index is 2.51. The third-order valence-electron chi connectivity index (χ3n) is 2.71. The second-order valence-electron chi connectivity index (χ2n) is 4.31. The quantitative estimate of drug-likeness (QED) is 0.726.